The lowest BCUT2D eigenvalue weighted by Gasteiger charge is -2.08. The first-order valence-electron chi connectivity index (χ1n) is 2.19. The Kier molecular flexibility index (Phi) is 1.48. The van der Waals surface area contributed by atoms with Crippen LogP contribution < -0.4 is 4.78 Å². The van der Waals surface area contributed by atoms with Crippen LogP contribution in [0.25, 0.3) is 0 Å². The molecule has 0 amide bonds. The maximum atomic E-state index is 11.7. The third-order valence-corrected chi connectivity index (χ3v) is 1.65. The summed E-state index contributed by atoms with van der Waals surface area (Å²) in [5, 5.41) is 0. The first kappa shape index (κ1) is 6.60. The van der Waals surface area contributed by atoms with E-state index in [0.29, 0.717) is 11.3 Å². The molecule has 1 aromatic rings. The molecule has 0 atom stereocenters. The lowest BCUT2D eigenvalue weighted by Crippen LogP contribution is -2.30. The van der Waals surface area contributed by atoms with Crippen molar-refractivity contribution in [2.75, 3.05) is 0 Å². The van der Waals surface area contributed by atoms with Gasteiger partial charge < -0.3 is 12.9 Å². The van der Waals surface area contributed by atoms with E-state index in [9.17, 15) is 12.9 Å². The van der Waals surface area contributed by atoms with Crippen molar-refractivity contribution in [3.05, 3.63) is 11.7 Å². The Labute approximate surface area is 53.6 Å². The number of rotatable bonds is 1. The monoisotopic (exact) mass is 152 g/mol. The second-order valence-electron chi connectivity index (χ2n) is 1.48. The van der Waals surface area contributed by atoms with Crippen molar-refractivity contribution in [1.82, 2.24) is 4.98 Å². The lowest BCUT2D eigenvalue weighted by molar-refractivity contribution is 0.502. The average Bonchev–Trinajstić information content (AvgIpc) is 2.08. The smallest absolute Gasteiger partial charge is 0.444 e. The fourth-order valence-corrected chi connectivity index (χ4v) is 0.907. The van der Waals surface area contributed by atoms with E-state index in [1.807, 2.05) is 0 Å². The molecule has 0 aliphatic carbocycles. The van der Waals surface area contributed by atoms with Crippen LogP contribution in [0.2, 0.25) is 0 Å². The molecule has 0 N–H and O–H groups in total. The summed E-state index contributed by atoms with van der Waals surface area (Å²) in [5.41, 5.74) is 1.17. The van der Waals surface area contributed by atoms with Crippen LogP contribution in [0, 0.1) is 0 Å². The fourth-order valence-electron chi connectivity index (χ4n) is 0.387. The SMILES string of the molecule is F[B-](F)(F)c1cncs1. The van der Waals surface area contributed by atoms with Crippen LogP contribution >= 0.6 is 11.3 Å². The normalized spacial score (nSPS) is 11.9. The first-order valence-corrected chi connectivity index (χ1v) is 3.07. The predicted molar refractivity (Wildman–Crippen MR) is 30.8 cm³/mol. The third-order valence-electron chi connectivity index (χ3n) is 0.774. The van der Waals surface area contributed by atoms with Crippen LogP contribution in [-0.4, -0.2) is 12.0 Å². The minimum Gasteiger partial charge on any atom is -0.444 e. The number of hydrogen-bond acceptors (Lipinski definition) is 2. The summed E-state index contributed by atoms with van der Waals surface area (Å²) < 4.78 is 34.4. The topological polar surface area (TPSA) is 12.9 Å². The van der Waals surface area contributed by atoms with Crippen molar-refractivity contribution < 1.29 is 12.9 Å². The molecule has 50 valence electrons. The van der Waals surface area contributed by atoms with Crippen molar-refractivity contribution in [1.29, 1.82) is 0 Å². The lowest BCUT2D eigenvalue weighted by atomic mass is 9.91. The second kappa shape index (κ2) is 2.02. The van der Waals surface area contributed by atoms with Gasteiger partial charge in [-0.05, 0) is 4.78 Å². The average molecular weight is 152 g/mol. The number of thiazole rings is 1. The van der Waals surface area contributed by atoms with Gasteiger partial charge >= 0.3 is 6.98 Å². The highest BCUT2D eigenvalue weighted by Gasteiger charge is 2.26. The minimum absolute atomic E-state index is 0.588. The molecule has 0 saturated carbocycles. The zero-order chi connectivity index (χ0) is 6.91. The Morgan fingerprint density at radius 1 is 1.44 bits per heavy atom. The summed E-state index contributed by atoms with van der Waals surface area (Å²) in [5.74, 6) is 0. The largest absolute Gasteiger partial charge is 0.521 e. The Morgan fingerprint density at radius 2 is 2.11 bits per heavy atom. The summed E-state index contributed by atoms with van der Waals surface area (Å²) in [6, 6.07) is 0. The van der Waals surface area contributed by atoms with Gasteiger partial charge in [0.25, 0.3) is 0 Å². The molecule has 1 heterocycles. The fraction of sp³-hybridized carbons (Fsp3) is 0. The van der Waals surface area contributed by atoms with Gasteiger partial charge in [-0.1, -0.05) is 0 Å². The standard InChI is InChI=1S/C3H2BF3NS/c5-4(6,7)3-1-8-2-9-3/h1-2H/q-1. The van der Waals surface area contributed by atoms with E-state index < -0.39 is 11.8 Å². The van der Waals surface area contributed by atoms with E-state index in [4.69, 9.17) is 0 Å². The molecule has 0 saturated heterocycles. The van der Waals surface area contributed by atoms with Gasteiger partial charge in [-0.25, -0.2) is 0 Å². The quantitative estimate of drug-likeness (QED) is 0.550. The zero-order valence-corrected chi connectivity index (χ0v) is 5.04. The summed E-state index contributed by atoms with van der Waals surface area (Å²) in [6.45, 7) is -4.81. The van der Waals surface area contributed by atoms with Gasteiger partial charge in [-0.3, -0.25) is 4.98 Å². The molecule has 0 aromatic carbocycles. The van der Waals surface area contributed by atoms with Crippen molar-refractivity contribution in [3.63, 3.8) is 0 Å². The summed E-state index contributed by atoms with van der Waals surface area (Å²) in [7, 11) is 0. The van der Waals surface area contributed by atoms with Crippen molar-refractivity contribution in [3.8, 4) is 0 Å². The summed E-state index contributed by atoms with van der Waals surface area (Å²) >= 11 is 0.622. The Hall–Kier alpha value is -0.515. The summed E-state index contributed by atoms with van der Waals surface area (Å²) in [6.07, 6.45) is 0.838. The second-order valence-corrected chi connectivity index (χ2v) is 2.40. The minimum atomic E-state index is -4.81. The highest BCUT2D eigenvalue weighted by molar-refractivity contribution is 7.22. The highest BCUT2D eigenvalue weighted by atomic mass is 32.1. The Bertz CT molecular complexity index is 181. The third kappa shape index (κ3) is 1.44. The summed E-state index contributed by atoms with van der Waals surface area (Å²) in [4.78, 5) is 3.30. The molecular weight excluding hydrogens is 150 g/mol. The van der Waals surface area contributed by atoms with Gasteiger partial charge in [0.2, 0.25) is 0 Å². The van der Waals surface area contributed by atoms with Crippen LogP contribution in [-0.2, 0) is 0 Å². The number of hydrogen-bond donors (Lipinski definition) is 0. The molecule has 1 nitrogen and oxygen atoms in total. The highest BCUT2D eigenvalue weighted by Crippen LogP contribution is 2.10. The number of halogens is 3. The van der Waals surface area contributed by atoms with E-state index in [1.165, 1.54) is 5.51 Å². The van der Waals surface area contributed by atoms with Gasteiger partial charge in [0.15, 0.2) is 0 Å². The first-order chi connectivity index (χ1) is 4.11. The zero-order valence-electron chi connectivity index (χ0n) is 4.22. The van der Waals surface area contributed by atoms with Crippen LogP contribution in [0.15, 0.2) is 11.7 Å². The molecule has 0 radical (unpaired) electrons. The predicted octanol–water partition coefficient (Wildman–Crippen LogP) is 1.20. The van der Waals surface area contributed by atoms with Gasteiger partial charge in [0.1, 0.15) is 0 Å². The Morgan fingerprint density at radius 3 is 2.33 bits per heavy atom. The van der Waals surface area contributed by atoms with Gasteiger partial charge in [-0.2, -0.15) is 11.3 Å². The molecule has 9 heavy (non-hydrogen) atoms. The maximum absolute atomic E-state index is 11.7. The van der Waals surface area contributed by atoms with Crippen molar-refractivity contribution in [2.24, 2.45) is 0 Å². The molecule has 0 aliphatic rings. The van der Waals surface area contributed by atoms with Crippen LogP contribution in [0.1, 0.15) is 0 Å². The van der Waals surface area contributed by atoms with Gasteiger partial charge in [-0.15, -0.1) is 0 Å². The van der Waals surface area contributed by atoms with E-state index in [1.54, 1.807) is 0 Å². The maximum Gasteiger partial charge on any atom is 0.521 e. The van der Waals surface area contributed by atoms with Crippen LogP contribution in [0.3, 0.4) is 0 Å². The molecule has 0 unspecified atom stereocenters. The number of nitrogens with zero attached hydrogens (tertiary/aromatic N) is 1. The molecule has 6 heteroatoms. The van der Waals surface area contributed by atoms with E-state index in [2.05, 4.69) is 4.98 Å². The van der Waals surface area contributed by atoms with Gasteiger partial charge in [0.05, 0.1) is 5.51 Å². The molecule has 0 aliphatic heterocycles. The Balaban J connectivity index is 2.90. The van der Waals surface area contributed by atoms with E-state index in [-0.39, 0.29) is 0 Å². The van der Waals surface area contributed by atoms with Crippen LogP contribution in [0.5, 0.6) is 0 Å². The molecule has 0 fully saturated rings. The molecular formula is C3H2BF3NS-. The van der Waals surface area contributed by atoms with E-state index >= 15 is 0 Å². The van der Waals surface area contributed by atoms with Crippen molar-refractivity contribution >= 4 is 23.1 Å². The molecule has 0 spiro atoms. The molecule has 1 rings (SSSR count). The van der Waals surface area contributed by atoms with Gasteiger partial charge in [0, 0.05) is 6.20 Å². The van der Waals surface area contributed by atoms with Crippen molar-refractivity contribution in [2.45, 2.75) is 0 Å². The number of aromatic nitrogens is 1. The van der Waals surface area contributed by atoms with Crippen LogP contribution in [0.4, 0.5) is 12.9 Å². The molecule has 0 bridgehead atoms. The molecule has 1 aromatic heterocycles. The van der Waals surface area contributed by atoms with E-state index in [0.717, 1.165) is 6.20 Å².